The van der Waals surface area contributed by atoms with Crippen LogP contribution in [0.4, 0.5) is 23.7 Å². The van der Waals surface area contributed by atoms with Crippen LogP contribution < -0.4 is 10.2 Å². The van der Waals surface area contributed by atoms with Crippen LogP contribution in [-0.4, -0.2) is 66.4 Å². The molecular weight excluding hydrogens is 605 g/mol. The molecule has 47 heavy (non-hydrogen) atoms. The van der Waals surface area contributed by atoms with Crippen molar-refractivity contribution in [2.45, 2.75) is 63.5 Å². The van der Waals surface area contributed by atoms with Gasteiger partial charge in [-0.25, -0.2) is 22.9 Å². The molecule has 1 N–H and O–H groups in total. The third kappa shape index (κ3) is 6.57. The number of hydrogen-bond donors (Lipinski definition) is 1. The number of amides is 1. The molecule has 0 spiro atoms. The van der Waals surface area contributed by atoms with E-state index in [1.54, 1.807) is 30.1 Å². The van der Waals surface area contributed by atoms with Crippen LogP contribution >= 0.6 is 0 Å². The fourth-order valence-corrected chi connectivity index (χ4v) is 8.60. The number of piperidine rings is 1. The largest absolute Gasteiger partial charge is 0.446 e. The van der Waals surface area contributed by atoms with Gasteiger partial charge in [-0.2, -0.15) is 5.26 Å². The number of imidazole rings is 1. The van der Waals surface area contributed by atoms with Crippen molar-refractivity contribution in [2.75, 3.05) is 44.7 Å². The van der Waals surface area contributed by atoms with Crippen molar-refractivity contribution in [1.29, 1.82) is 5.26 Å². The minimum atomic E-state index is -0.704. The number of likely N-dealkylation sites (tertiary alicyclic amines) is 1. The molecule has 8 nitrogen and oxygen atoms in total. The Morgan fingerprint density at radius 1 is 1.11 bits per heavy atom. The lowest BCUT2D eigenvalue weighted by Gasteiger charge is -2.51. The molecular formula is C36H43F3N6O2. The zero-order valence-electron chi connectivity index (χ0n) is 27.1. The molecule has 1 amide bonds. The van der Waals surface area contributed by atoms with Crippen molar-refractivity contribution in [2.24, 2.45) is 17.8 Å². The summed E-state index contributed by atoms with van der Waals surface area (Å²) in [5, 5.41) is 11.6. The Morgan fingerprint density at radius 3 is 2.51 bits per heavy atom. The van der Waals surface area contributed by atoms with E-state index in [0.717, 1.165) is 81.7 Å². The van der Waals surface area contributed by atoms with Gasteiger partial charge >= 0.3 is 6.09 Å². The number of carbonyl (C=O) groups excluding carboxylic acids is 1. The number of nitrogens with one attached hydrogen (secondary N) is 1. The minimum absolute atomic E-state index is 0.0114. The number of benzene rings is 2. The molecule has 2 aliphatic heterocycles. The zero-order valence-corrected chi connectivity index (χ0v) is 27.1. The van der Waals surface area contributed by atoms with E-state index < -0.39 is 23.1 Å². The van der Waals surface area contributed by atoms with E-state index in [0.29, 0.717) is 19.6 Å². The van der Waals surface area contributed by atoms with Crippen LogP contribution in [0.25, 0.3) is 0 Å². The second-order valence-electron chi connectivity index (χ2n) is 13.4. The highest BCUT2D eigenvalue weighted by atomic mass is 19.1. The van der Waals surface area contributed by atoms with Crippen molar-refractivity contribution >= 4 is 11.8 Å². The Kier molecular flexibility index (Phi) is 9.78. The number of carbonyl (C=O) groups is 1. The number of nitrogens with zero attached hydrogens (tertiary/aromatic N) is 5. The molecule has 2 aromatic carbocycles. The highest BCUT2D eigenvalue weighted by Gasteiger charge is 2.53. The van der Waals surface area contributed by atoms with Gasteiger partial charge in [0.15, 0.2) is 11.6 Å². The lowest BCUT2D eigenvalue weighted by atomic mass is 9.58. The maximum atomic E-state index is 15.0. The molecule has 3 fully saturated rings. The van der Waals surface area contributed by atoms with Crippen LogP contribution in [-0.2, 0) is 23.1 Å². The summed E-state index contributed by atoms with van der Waals surface area (Å²) in [7, 11) is 1.57. The van der Waals surface area contributed by atoms with Gasteiger partial charge in [-0.05, 0) is 80.9 Å². The van der Waals surface area contributed by atoms with Crippen molar-refractivity contribution in [1.82, 2.24) is 19.8 Å². The first-order chi connectivity index (χ1) is 22.7. The average Bonchev–Trinajstić information content (AvgIpc) is 3.71. The van der Waals surface area contributed by atoms with Crippen LogP contribution in [0.15, 0.2) is 48.8 Å². The number of aromatic nitrogens is 2. The predicted octanol–water partition coefficient (Wildman–Crippen LogP) is 6.05. The summed E-state index contributed by atoms with van der Waals surface area (Å²) in [6, 6.07) is 11.0. The van der Waals surface area contributed by atoms with E-state index in [4.69, 9.17) is 10.00 Å². The van der Waals surface area contributed by atoms with Crippen molar-refractivity contribution in [3.05, 3.63) is 83.2 Å². The van der Waals surface area contributed by atoms with Crippen LogP contribution in [0.5, 0.6) is 0 Å². The number of halogens is 3. The number of ether oxygens (including phenoxy) is 1. The SMILES string of the molecule is CCc1nccn1CC(c1cccc(F)c1)(C1CCN(CC2CN(c3c(F)cc(C#N)cc3F)C2)CC1)C1CCCC1OC(=O)NC. The molecule has 1 aliphatic carbocycles. The molecule has 3 heterocycles. The third-order valence-corrected chi connectivity index (χ3v) is 10.7. The van der Waals surface area contributed by atoms with Crippen molar-refractivity contribution in [3.63, 3.8) is 0 Å². The number of aryl methyl sites for hydroxylation is 1. The van der Waals surface area contributed by atoms with Gasteiger partial charge in [0, 0.05) is 69.3 Å². The fraction of sp³-hybridized carbons (Fsp3) is 0.528. The van der Waals surface area contributed by atoms with Crippen molar-refractivity contribution < 1.29 is 22.7 Å². The fourth-order valence-electron chi connectivity index (χ4n) is 8.60. The molecule has 6 rings (SSSR count). The molecule has 0 bridgehead atoms. The molecule has 0 radical (unpaired) electrons. The molecule has 3 atom stereocenters. The van der Waals surface area contributed by atoms with Gasteiger partial charge in [0.1, 0.15) is 23.4 Å². The predicted molar refractivity (Wildman–Crippen MR) is 172 cm³/mol. The zero-order chi connectivity index (χ0) is 33.1. The number of alkyl carbamates (subject to hydrolysis) is 1. The topological polar surface area (TPSA) is 86.4 Å². The smallest absolute Gasteiger partial charge is 0.407 e. The van der Waals surface area contributed by atoms with Gasteiger partial charge in [0.25, 0.3) is 0 Å². The molecule has 11 heteroatoms. The van der Waals surface area contributed by atoms with E-state index in [1.165, 1.54) is 6.07 Å². The highest BCUT2D eigenvalue weighted by Crippen LogP contribution is 2.52. The van der Waals surface area contributed by atoms with Gasteiger partial charge < -0.3 is 24.4 Å². The number of rotatable bonds is 10. The average molecular weight is 649 g/mol. The first-order valence-electron chi connectivity index (χ1n) is 16.8. The van der Waals surface area contributed by atoms with Crippen LogP contribution in [0.3, 0.4) is 0 Å². The summed E-state index contributed by atoms with van der Waals surface area (Å²) in [5.41, 5.74) is 0.340. The Hall–Kier alpha value is -4.04. The Balaban J connectivity index is 1.23. The lowest BCUT2D eigenvalue weighted by molar-refractivity contribution is 0.00160. The molecule has 3 aliphatic rings. The first-order valence-corrected chi connectivity index (χ1v) is 16.8. The second-order valence-corrected chi connectivity index (χ2v) is 13.4. The maximum Gasteiger partial charge on any atom is 0.407 e. The molecule has 1 saturated carbocycles. The number of hydrogen-bond acceptors (Lipinski definition) is 6. The quantitative estimate of drug-likeness (QED) is 0.288. The molecule has 250 valence electrons. The van der Waals surface area contributed by atoms with Gasteiger partial charge in [-0.1, -0.05) is 19.1 Å². The van der Waals surface area contributed by atoms with Gasteiger partial charge in [-0.15, -0.1) is 0 Å². The van der Waals surface area contributed by atoms with E-state index in [2.05, 4.69) is 26.7 Å². The minimum Gasteiger partial charge on any atom is -0.446 e. The standard InChI is InChI=1S/C36H43F3N6O2/c1-3-33-42-12-15-44(33)23-36(27-6-4-7-28(37)18-27,29-8-5-9-32(29)47-35(46)41-2)26-10-13-43(14-11-26)20-25-21-45(22-25)34-30(38)16-24(19-40)17-31(34)39/h4,6-7,12,15-18,25-26,29,32H,3,5,8-11,13-14,20-23H2,1-2H3,(H,41,46). The van der Waals surface area contributed by atoms with E-state index in [1.807, 2.05) is 18.5 Å². The van der Waals surface area contributed by atoms with E-state index >= 15 is 4.39 Å². The molecule has 3 aromatic rings. The summed E-state index contributed by atoms with van der Waals surface area (Å²) >= 11 is 0. The summed E-state index contributed by atoms with van der Waals surface area (Å²) < 4.78 is 52.5. The molecule has 3 unspecified atom stereocenters. The molecule has 2 saturated heterocycles. The second kappa shape index (κ2) is 14.0. The number of nitriles is 1. The number of anilines is 1. The Bertz CT molecular complexity index is 1590. The van der Waals surface area contributed by atoms with Gasteiger partial charge in [-0.3, -0.25) is 0 Å². The van der Waals surface area contributed by atoms with Crippen LogP contribution in [0.2, 0.25) is 0 Å². The maximum absolute atomic E-state index is 15.0. The summed E-state index contributed by atoms with van der Waals surface area (Å²) in [4.78, 5) is 21.3. The Labute approximate surface area is 274 Å². The third-order valence-electron chi connectivity index (χ3n) is 10.7. The lowest BCUT2D eigenvalue weighted by Crippen LogP contribution is -2.55. The summed E-state index contributed by atoms with van der Waals surface area (Å²) in [5.74, 6) is -0.277. The monoisotopic (exact) mass is 648 g/mol. The summed E-state index contributed by atoms with van der Waals surface area (Å²) in [6.07, 6.45) is 8.16. The molecule has 1 aromatic heterocycles. The van der Waals surface area contributed by atoms with Crippen LogP contribution in [0.1, 0.15) is 56.0 Å². The normalized spacial score (nSPS) is 22.0. The highest BCUT2D eigenvalue weighted by molar-refractivity contribution is 5.67. The van der Waals surface area contributed by atoms with E-state index in [-0.39, 0.29) is 40.9 Å². The Morgan fingerprint density at radius 2 is 1.85 bits per heavy atom. The van der Waals surface area contributed by atoms with Crippen LogP contribution in [0, 0.1) is 46.5 Å². The van der Waals surface area contributed by atoms with Gasteiger partial charge in [0.05, 0.1) is 11.6 Å². The van der Waals surface area contributed by atoms with Crippen molar-refractivity contribution in [3.8, 4) is 6.07 Å². The first kappa shape index (κ1) is 32.9. The van der Waals surface area contributed by atoms with E-state index in [9.17, 15) is 13.6 Å². The van der Waals surface area contributed by atoms with Gasteiger partial charge in [0.2, 0.25) is 0 Å². The summed E-state index contributed by atoms with van der Waals surface area (Å²) in [6.45, 7) is 6.30.